The Bertz CT molecular complexity index is 1190. The maximum atomic E-state index is 12.7. The molecule has 3 aromatic heterocycles. The van der Waals surface area contributed by atoms with Crippen LogP contribution in [-0.4, -0.2) is 38.3 Å². The number of nitrogens with zero attached hydrogens (tertiary/aromatic N) is 4. The number of fused-ring (bicyclic) bond motifs is 1. The Morgan fingerprint density at radius 1 is 1.27 bits per heavy atom. The predicted octanol–water partition coefficient (Wildman–Crippen LogP) is 1.51. The molecule has 1 fully saturated rings. The van der Waals surface area contributed by atoms with Gasteiger partial charge < -0.3 is 10.2 Å². The van der Waals surface area contributed by atoms with Gasteiger partial charge in [0.05, 0.1) is 11.7 Å². The highest BCUT2D eigenvalue weighted by Gasteiger charge is 2.21. The number of hydrogen-bond donors (Lipinski definition) is 2. The number of pyridine rings is 1. The number of amides is 1. The van der Waals surface area contributed by atoms with Crippen molar-refractivity contribution in [2.24, 2.45) is 5.92 Å². The van der Waals surface area contributed by atoms with Crippen LogP contribution in [0, 0.1) is 5.92 Å². The van der Waals surface area contributed by atoms with Gasteiger partial charge in [0.25, 0.3) is 17.0 Å². The van der Waals surface area contributed by atoms with Crippen LogP contribution in [0.1, 0.15) is 48.8 Å². The molecule has 30 heavy (non-hydrogen) atoms. The van der Waals surface area contributed by atoms with Gasteiger partial charge in [0, 0.05) is 31.5 Å². The molecule has 9 nitrogen and oxygen atoms in total. The zero-order chi connectivity index (χ0) is 21.3. The molecule has 0 aromatic carbocycles. The van der Waals surface area contributed by atoms with Crippen molar-refractivity contribution >= 4 is 17.5 Å². The van der Waals surface area contributed by atoms with Crippen LogP contribution >= 0.6 is 0 Å². The van der Waals surface area contributed by atoms with Gasteiger partial charge in [0.15, 0.2) is 0 Å². The van der Waals surface area contributed by atoms with Gasteiger partial charge >= 0.3 is 0 Å². The van der Waals surface area contributed by atoms with Gasteiger partial charge in [-0.3, -0.25) is 23.8 Å². The van der Waals surface area contributed by atoms with E-state index in [-0.39, 0.29) is 11.1 Å². The number of aromatic amines is 1. The number of rotatable bonds is 4. The van der Waals surface area contributed by atoms with Crippen molar-refractivity contribution in [3.05, 3.63) is 68.6 Å². The lowest BCUT2D eigenvalue weighted by atomic mass is 10.00. The molecule has 0 saturated carbocycles. The van der Waals surface area contributed by atoms with Crippen LogP contribution in [0.25, 0.3) is 5.65 Å². The largest absolute Gasteiger partial charge is 0.344 e. The molecule has 1 aliphatic rings. The predicted molar refractivity (Wildman–Crippen MR) is 113 cm³/mol. The van der Waals surface area contributed by atoms with Crippen molar-refractivity contribution in [3.8, 4) is 0 Å². The number of carbonyl (C=O) groups is 1. The highest BCUT2D eigenvalue weighted by atomic mass is 16.2. The normalized spacial score (nSPS) is 15.9. The average Bonchev–Trinajstić information content (AvgIpc) is 2.74. The van der Waals surface area contributed by atoms with Crippen LogP contribution < -0.4 is 21.3 Å². The fraction of sp³-hybridized carbons (Fsp3) is 0.381. The minimum absolute atomic E-state index is 0.0689. The van der Waals surface area contributed by atoms with Gasteiger partial charge in [0.2, 0.25) is 5.95 Å². The maximum Gasteiger partial charge on any atom is 0.270 e. The van der Waals surface area contributed by atoms with Crippen molar-refractivity contribution in [2.75, 3.05) is 18.0 Å². The molecular formula is C21H24N6O3. The van der Waals surface area contributed by atoms with E-state index in [9.17, 15) is 14.4 Å². The molecule has 156 valence electrons. The number of piperidine rings is 1. The smallest absolute Gasteiger partial charge is 0.270 e. The van der Waals surface area contributed by atoms with E-state index in [1.165, 1.54) is 16.7 Å². The molecule has 0 radical (unpaired) electrons. The molecule has 0 aliphatic carbocycles. The molecule has 1 amide bonds. The van der Waals surface area contributed by atoms with Gasteiger partial charge in [-0.25, -0.2) is 9.97 Å². The summed E-state index contributed by atoms with van der Waals surface area (Å²) in [6.07, 6.45) is 4.92. The zero-order valence-electron chi connectivity index (χ0n) is 17.0. The van der Waals surface area contributed by atoms with E-state index < -0.39 is 17.5 Å². The molecule has 1 atom stereocenters. The molecule has 0 bridgehead atoms. The summed E-state index contributed by atoms with van der Waals surface area (Å²) in [6, 6.07) is 5.96. The van der Waals surface area contributed by atoms with Crippen LogP contribution in [0.2, 0.25) is 0 Å². The Kier molecular flexibility index (Phi) is 5.35. The summed E-state index contributed by atoms with van der Waals surface area (Å²) in [5.74, 6) is 0.607. The second kappa shape index (κ2) is 8.10. The summed E-state index contributed by atoms with van der Waals surface area (Å²) in [4.78, 5) is 51.1. The number of carbonyl (C=O) groups excluding carboxylic acids is 1. The summed E-state index contributed by atoms with van der Waals surface area (Å²) in [5.41, 5.74) is 0.105. The molecular weight excluding hydrogens is 384 g/mol. The summed E-state index contributed by atoms with van der Waals surface area (Å²) >= 11 is 0. The van der Waals surface area contributed by atoms with E-state index in [0.717, 1.165) is 25.9 Å². The summed E-state index contributed by atoms with van der Waals surface area (Å²) in [5, 5.41) is 2.76. The van der Waals surface area contributed by atoms with E-state index >= 15 is 0 Å². The lowest BCUT2D eigenvalue weighted by Crippen LogP contribution is -2.37. The van der Waals surface area contributed by atoms with E-state index in [4.69, 9.17) is 0 Å². The third-order valence-corrected chi connectivity index (χ3v) is 5.48. The Morgan fingerprint density at radius 2 is 2.03 bits per heavy atom. The number of aromatic nitrogens is 4. The Hall–Kier alpha value is -3.49. The Labute approximate surface area is 172 Å². The number of nitrogens with one attached hydrogen (secondary N) is 2. The van der Waals surface area contributed by atoms with Crippen LogP contribution in [0.15, 0.2) is 46.2 Å². The molecule has 3 aromatic rings. The Morgan fingerprint density at radius 3 is 2.80 bits per heavy atom. The summed E-state index contributed by atoms with van der Waals surface area (Å²) < 4.78 is 1.32. The molecule has 1 saturated heterocycles. The second-order valence-electron chi connectivity index (χ2n) is 7.76. The first-order valence-electron chi connectivity index (χ1n) is 10.1. The van der Waals surface area contributed by atoms with Crippen molar-refractivity contribution < 1.29 is 4.79 Å². The molecule has 4 heterocycles. The number of H-pyrrole nitrogens is 1. The second-order valence-corrected chi connectivity index (χ2v) is 7.76. The first-order chi connectivity index (χ1) is 14.4. The van der Waals surface area contributed by atoms with Gasteiger partial charge in [-0.2, -0.15) is 0 Å². The molecule has 0 unspecified atom stereocenters. The van der Waals surface area contributed by atoms with Crippen molar-refractivity contribution in [2.45, 2.75) is 32.7 Å². The monoisotopic (exact) mass is 408 g/mol. The first kappa shape index (κ1) is 19.8. The highest BCUT2D eigenvalue weighted by Crippen LogP contribution is 2.20. The molecule has 9 heteroatoms. The van der Waals surface area contributed by atoms with Gasteiger partial charge in [-0.15, -0.1) is 0 Å². The van der Waals surface area contributed by atoms with E-state index in [0.29, 0.717) is 23.2 Å². The van der Waals surface area contributed by atoms with Crippen molar-refractivity contribution in [1.29, 1.82) is 0 Å². The lowest BCUT2D eigenvalue weighted by molar-refractivity contribution is 0.0937. The fourth-order valence-electron chi connectivity index (χ4n) is 3.59. The minimum Gasteiger partial charge on any atom is -0.344 e. The van der Waals surface area contributed by atoms with E-state index in [1.807, 2.05) is 0 Å². The topological polar surface area (TPSA) is 112 Å². The zero-order valence-corrected chi connectivity index (χ0v) is 17.0. The summed E-state index contributed by atoms with van der Waals surface area (Å²) in [6.45, 7) is 5.60. The van der Waals surface area contributed by atoms with Crippen LogP contribution in [0.5, 0.6) is 0 Å². The SMILES string of the molecule is CC1CCN(c2nc([C@@H](C)NC(=O)c3cnc4ccccn4c3=O)cc(=O)[nH]2)CC1. The molecule has 0 spiro atoms. The van der Waals surface area contributed by atoms with E-state index in [1.54, 1.807) is 31.3 Å². The van der Waals surface area contributed by atoms with Crippen molar-refractivity contribution in [3.63, 3.8) is 0 Å². The Balaban J connectivity index is 1.56. The third kappa shape index (κ3) is 3.96. The van der Waals surface area contributed by atoms with Crippen LogP contribution in [-0.2, 0) is 0 Å². The number of hydrogen-bond acceptors (Lipinski definition) is 6. The fourth-order valence-corrected chi connectivity index (χ4v) is 3.59. The minimum atomic E-state index is -0.561. The lowest BCUT2D eigenvalue weighted by Gasteiger charge is -2.31. The average molecular weight is 408 g/mol. The van der Waals surface area contributed by atoms with Gasteiger partial charge in [-0.05, 0) is 37.8 Å². The molecule has 2 N–H and O–H groups in total. The van der Waals surface area contributed by atoms with Crippen LogP contribution in [0.3, 0.4) is 0 Å². The standard InChI is InChI=1S/C21H24N6O3/c1-13-6-9-26(10-7-13)21-24-16(11-18(28)25-21)14(2)23-19(29)15-12-22-17-5-3-4-8-27(17)20(15)30/h3-5,8,11-14H,6-7,9-10H2,1-2H3,(H,23,29)(H,24,25,28)/t14-/m1/s1. The maximum absolute atomic E-state index is 12.7. The molecule has 4 rings (SSSR count). The molecule has 1 aliphatic heterocycles. The number of anilines is 1. The quantitative estimate of drug-likeness (QED) is 0.677. The first-order valence-corrected chi connectivity index (χ1v) is 10.1. The highest BCUT2D eigenvalue weighted by molar-refractivity contribution is 5.93. The summed E-state index contributed by atoms with van der Waals surface area (Å²) in [7, 11) is 0. The van der Waals surface area contributed by atoms with Crippen molar-refractivity contribution in [1.82, 2.24) is 24.7 Å². The third-order valence-electron chi connectivity index (χ3n) is 5.48. The van der Waals surface area contributed by atoms with Gasteiger partial charge in [-0.1, -0.05) is 13.0 Å². The van der Waals surface area contributed by atoms with Gasteiger partial charge in [0.1, 0.15) is 11.2 Å². The van der Waals surface area contributed by atoms with Crippen LogP contribution in [0.4, 0.5) is 5.95 Å². The van der Waals surface area contributed by atoms with E-state index in [2.05, 4.69) is 32.1 Å².